The smallest absolute Gasteiger partial charge is 0.225 e. The van der Waals surface area contributed by atoms with E-state index in [1.807, 2.05) is 24.8 Å². The highest BCUT2D eigenvalue weighted by Crippen LogP contribution is 2.22. The lowest BCUT2D eigenvalue weighted by molar-refractivity contribution is -0.137. The van der Waals surface area contributed by atoms with Crippen molar-refractivity contribution in [1.82, 2.24) is 4.90 Å². The monoisotopic (exact) mass is 306 g/mol. The maximum Gasteiger partial charge on any atom is 0.225 e. The van der Waals surface area contributed by atoms with Crippen LogP contribution in [-0.4, -0.2) is 29.9 Å². The zero-order valence-electron chi connectivity index (χ0n) is 13.6. The Kier molecular flexibility index (Phi) is 5.95. The van der Waals surface area contributed by atoms with E-state index in [0.717, 1.165) is 25.9 Å². The van der Waals surface area contributed by atoms with Gasteiger partial charge < -0.3 is 10.6 Å². The van der Waals surface area contributed by atoms with Gasteiger partial charge in [-0.1, -0.05) is 25.1 Å². The van der Waals surface area contributed by atoms with Crippen molar-refractivity contribution < 1.29 is 9.18 Å². The van der Waals surface area contributed by atoms with Crippen molar-refractivity contribution in [3.05, 3.63) is 35.6 Å². The number of halogens is 1. The minimum atomic E-state index is -0.183. The van der Waals surface area contributed by atoms with E-state index in [0.29, 0.717) is 24.3 Å². The lowest BCUT2D eigenvalue weighted by Gasteiger charge is -2.36. The molecule has 0 aromatic heterocycles. The molecule has 1 aliphatic rings. The van der Waals surface area contributed by atoms with Crippen molar-refractivity contribution in [3.8, 4) is 0 Å². The summed E-state index contributed by atoms with van der Waals surface area (Å²) in [6.45, 7) is 5.55. The van der Waals surface area contributed by atoms with Gasteiger partial charge in [0.1, 0.15) is 5.82 Å². The van der Waals surface area contributed by atoms with E-state index in [4.69, 9.17) is 5.73 Å². The van der Waals surface area contributed by atoms with Crippen molar-refractivity contribution in [2.75, 3.05) is 13.1 Å². The highest BCUT2D eigenvalue weighted by molar-refractivity contribution is 5.78. The number of nitrogens with zero attached hydrogens (tertiary/aromatic N) is 1. The van der Waals surface area contributed by atoms with Crippen LogP contribution in [0.25, 0.3) is 0 Å². The summed E-state index contributed by atoms with van der Waals surface area (Å²) in [7, 11) is 0. The van der Waals surface area contributed by atoms with Gasteiger partial charge >= 0.3 is 0 Å². The molecular formula is C18H27FN2O. The standard InChI is InChI=1S/C18H27FN2O/c1-13(9-10-15-6-3-4-8-17(15)19)18(22)21-11-5-7-16(12-21)14(2)20/h3-4,6,8,13-14,16H,5,7,9-12,20H2,1-2H3/t13-,14+,16+/m1/s1. The summed E-state index contributed by atoms with van der Waals surface area (Å²) in [6, 6.07) is 6.92. The van der Waals surface area contributed by atoms with Crippen molar-refractivity contribution in [1.29, 1.82) is 0 Å². The van der Waals surface area contributed by atoms with Gasteiger partial charge in [0.25, 0.3) is 0 Å². The van der Waals surface area contributed by atoms with Crippen LogP contribution in [0.5, 0.6) is 0 Å². The molecule has 0 bridgehead atoms. The van der Waals surface area contributed by atoms with Crippen LogP contribution in [0.2, 0.25) is 0 Å². The average Bonchev–Trinajstić information content (AvgIpc) is 2.53. The Bertz CT molecular complexity index is 504. The van der Waals surface area contributed by atoms with E-state index < -0.39 is 0 Å². The molecule has 0 radical (unpaired) electrons. The number of likely N-dealkylation sites (tertiary alicyclic amines) is 1. The second-order valence-electron chi connectivity index (χ2n) is 6.58. The second kappa shape index (κ2) is 7.73. The van der Waals surface area contributed by atoms with Gasteiger partial charge in [0.05, 0.1) is 0 Å². The summed E-state index contributed by atoms with van der Waals surface area (Å²) >= 11 is 0. The third-order valence-corrected chi connectivity index (χ3v) is 4.74. The molecule has 0 aliphatic carbocycles. The Morgan fingerprint density at radius 2 is 2.14 bits per heavy atom. The topological polar surface area (TPSA) is 46.3 Å². The van der Waals surface area contributed by atoms with Gasteiger partial charge in [-0.3, -0.25) is 4.79 Å². The quantitative estimate of drug-likeness (QED) is 0.909. The minimum absolute atomic E-state index is 0.0774. The summed E-state index contributed by atoms with van der Waals surface area (Å²) in [5.41, 5.74) is 6.67. The Hall–Kier alpha value is -1.42. The Balaban J connectivity index is 1.88. The molecule has 2 N–H and O–H groups in total. The Labute approximate surface area is 132 Å². The molecule has 1 fully saturated rings. The Morgan fingerprint density at radius 3 is 2.82 bits per heavy atom. The summed E-state index contributed by atoms with van der Waals surface area (Å²) in [5, 5.41) is 0. The van der Waals surface area contributed by atoms with Gasteiger partial charge in [0.15, 0.2) is 0 Å². The first-order valence-electron chi connectivity index (χ1n) is 8.26. The van der Waals surface area contributed by atoms with Crippen molar-refractivity contribution in [3.63, 3.8) is 0 Å². The predicted octanol–water partition coefficient (Wildman–Crippen LogP) is 2.98. The average molecular weight is 306 g/mol. The number of piperidine rings is 1. The molecule has 3 atom stereocenters. The van der Waals surface area contributed by atoms with Crippen LogP contribution in [0.3, 0.4) is 0 Å². The number of carbonyl (C=O) groups excluding carboxylic acids is 1. The molecule has 0 spiro atoms. The molecule has 22 heavy (non-hydrogen) atoms. The van der Waals surface area contributed by atoms with E-state index in [1.54, 1.807) is 12.1 Å². The van der Waals surface area contributed by atoms with Gasteiger partial charge in [-0.2, -0.15) is 0 Å². The van der Waals surface area contributed by atoms with Crippen LogP contribution < -0.4 is 5.73 Å². The maximum absolute atomic E-state index is 13.6. The van der Waals surface area contributed by atoms with E-state index in [-0.39, 0.29) is 23.7 Å². The van der Waals surface area contributed by atoms with Crippen molar-refractivity contribution >= 4 is 5.91 Å². The third-order valence-electron chi connectivity index (χ3n) is 4.74. The first-order chi connectivity index (χ1) is 10.5. The molecule has 0 saturated carbocycles. The van der Waals surface area contributed by atoms with E-state index in [2.05, 4.69) is 0 Å². The number of aryl methyl sites for hydroxylation is 1. The molecule has 3 nitrogen and oxygen atoms in total. The molecular weight excluding hydrogens is 279 g/mol. The zero-order chi connectivity index (χ0) is 16.1. The van der Waals surface area contributed by atoms with Crippen molar-refractivity contribution in [2.45, 2.75) is 45.6 Å². The molecule has 1 aliphatic heterocycles. The molecule has 1 saturated heterocycles. The number of nitrogens with two attached hydrogens (primary N) is 1. The van der Waals surface area contributed by atoms with Crippen LogP contribution >= 0.6 is 0 Å². The third kappa shape index (κ3) is 4.29. The molecule has 1 heterocycles. The van der Waals surface area contributed by atoms with Gasteiger partial charge in [0, 0.05) is 25.0 Å². The summed E-state index contributed by atoms with van der Waals surface area (Å²) < 4.78 is 13.6. The SMILES string of the molecule is C[C@H](CCc1ccccc1F)C(=O)N1CCC[C@H]([C@H](C)N)C1. The van der Waals surface area contributed by atoms with Crippen LogP contribution in [0.4, 0.5) is 4.39 Å². The van der Waals surface area contributed by atoms with Gasteiger partial charge in [0.2, 0.25) is 5.91 Å². The van der Waals surface area contributed by atoms with Gasteiger partial charge in [-0.05, 0) is 50.2 Å². The number of hydrogen-bond donors (Lipinski definition) is 1. The largest absolute Gasteiger partial charge is 0.342 e. The van der Waals surface area contributed by atoms with E-state index >= 15 is 0 Å². The van der Waals surface area contributed by atoms with Crippen molar-refractivity contribution in [2.24, 2.45) is 17.6 Å². The van der Waals surface area contributed by atoms with E-state index in [1.165, 1.54) is 6.07 Å². The van der Waals surface area contributed by atoms with Crippen LogP contribution in [0.1, 0.15) is 38.7 Å². The molecule has 0 unspecified atom stereocenters. The highest BCUT2D eigenvalue weighted by atomic mass is 19.1. The van der Waals surface area contributed by atoms with Crippen LogP contribution in [0.15, 0.2) is 24.3 Å². The Morgan fingerprint density at radius 1 is 1.41 bits per heavy atom. The fourth-order valence-corrected chi connectivity index (χ4v) is 3.15. The van der Waals surface area contributed by atoms with Gasteiger partial charge in [-0.25, -0.2) is 4.39 Å². The molecule has 4 heteroatoms. The lowest BCUT2D eigenvalue weighted by atomic mass is 9.91. The fourth-order valence-electron chi connectivity index (χ4n) is 3.15. The van der Waals surface area contributed by atoms with Gasteiger partial charge in [-0.15, -0.1) is 0 Å². The normalized spacial score (nSPS) is 21.5. The summed E-state index contributed by atoms with van der Waals surface area (Å²) in [4.78, 5) is 14.5. The molecule has 122 valence electrons. The molecule has 1 amide bonds. The summed E-state index contributed by atoms with van der Waals surface area (Å²) in [6.07, 6.45) is 3.41. The number of rotatable bonds is 5. The van der Waals surface area contributed by atoms with Crippen LogP contribution in [-0.2, 0) is 11.2 Å². The minimum Gasteiger partial charge on any atom is -0.342 e. The zero-order valence-corrected chi connectivity index (χ0v) is 13.6. The molecule has 1 aromatic rings. The van der Waals surface area contributed by atoms with E-state index in [9.17, 15) is 9.18 Å². The summed E-state index contributed by atoms with van der Waals surface area (Å²) in [5.74, 6) is 0.321. The van der Waals surface area contributed by atoms with Crippen LogP contribution in [0, 0.1) is 17.7 Å². The number of amides is 1. The fraction of sp³-hybridized carbons (Fsp3) is 0.611. The lowest BCUT2D eigenvalue weighted by Crippen LogP contribution is -2.46. The number of benzene rings is 1. The number of hydrogen-bond acceptors (Lipinski definition) is 2. The predicted molar refractivity (Wildman–Crippen MR) is 86.8 cm³/mol. The molecule has 2 rings (SSSR count). The second-order valence-corrected chi connectivity index (χ2v) is 6.58. The molecule has 1 aromatic carbocycles. The first-order valence-corrected chi connectivity index (χ1v) is 8.26. The first kappa shape index (κ1) is 16.9. The maximum atomic E-state index is 13.6. The highest BCUT2D eigenvalue weighted by Gasteiger charge is 2.28. The number of carbonyl (C=O) groups is 1.